The first-order chi connectivity index (χ1) is 7.36. The number of benzene rings is 1. The maximum absolute atomic E-state index is 12.2. The van der Waals surface area contributed by atoms with Crippen LogP contribution in [0.4, 0.5) is 0 Å². The van der Waals surface area contributed by atoms with Crippen LogP contribution in [-0.4, -0.2) is 16.8 Å². The van der Waals surface area contributed by atoms with E-state index in [1.54, 1.807) is 0 Å². The number of fused-ring (bicyclic) bond motifs is 2. The first kappa shape index (κ1) is 8.48. The predicted molar refractivity (Wildman–Crippen MR) is 59.2 cm³/mol. The highest BCUT2D eigenvalue weighted by molar-refractivity contribution is 5.99. The van der Waals surface area contributed by atoms with Crippen molar-refractivity contribution in [3.05, 3.63) is 53.7 Å². The van der Waals surface area contributed by atoms with Crippen molar-refractivity contribution in [1.82, 2.24) is 4.90 Å². The molecule has 0 saturated carbocycles. The number of carbonyl (C=O) groups is 1. The molecule has 0 saturated heterocycles. The highest BCUT2D eigenvalue weighted by Crippen LogP contribution is 2.25. The lowest BCUT2D eigenvalue weighted by atomic mass is 10.1. The quantitative estimate of drug-likeness (QED) is 0.625. The molecular formula is C13H11NO. The van der Waals surface area contributed by atoms with Crippen molar-refractivity contribution in [2.45, 2.75) is 12.5 Å². The maximum atomic E-state index is 12.2. The summed E-state index contributed by atoms with van der Waals surface area (Å²) >= 11 is 0. The summed E-state index contributed by atoms with van der Waals surface area (Å²) in [5.74, 6) is 0.106. The number of rotatable bonds is 0. The van der Waals surface area contributed by atoms with Crippen LogP contribution in [0, 0.1) is 0 Å². The summed E-state index contributed by atoms with van der Waals surface area (Å²) in [6, 6.07) is 7.95. The molecule has 74 valence electrons. The zero-order valence-corrected chi connectivity index (χ0v) is 8.26. The fourth-order valence-electron chi connectivity index (χ4n) is 2.12. The van der Waals surface area contributed by atoms with Crippen LogP contribution < -0.4 is 0 Å². The summed E-state index contributed by atoms with van der Waals surface area (Å²) in [6.07, 6.45) is 9.01. The molecule has 0 aromatic heterocycles. The van der Waals surface area contributed by atoms with Gasteiger partial charge in [-0.3, -0.25) is 4.79 Å². The van der Waals surface area contributed by atoms with Crippen LogP contribution in [-0.2, 0) is 0 Å². The standard InChI is InChI=1S/C13H11NO/c15-13-12-6-2-1-4-10(12)7-8-11-5-3-9-14(11)13/h1-4,6-9,11H,5H2. The van der Waals surface area contributed by atoms with Gasteiger partial charge in [0.2, 0.25) is 0 Å². The molecule has 2 heterocycles. The smallest absolute Gasteiger partial charge is 0.258 e. The number of hydrogen-bond donors (Lipinski definition) is 0. The van der Waals surface area contributed by atoms with E-state index in [1.807, 2.05) is 47.5 Å². The molecule has 0 aliphatic carbocycles. The van der Waals surface area contributed by atoms with Gasteiger partial charge in [0.1, 0.15) is 0 Å². The molecule has 0 radical (unpaired) electrons. The van der Waals surface area contributed by atoms with Crippen molar-refractivity contribution in [1.29, 1.82) is 0 Å². The Morgan fingerprint density at radius 3 is 3.07 bits per heavy atom. The Morgan fingerprint density at radius 2 is 2.13 bits per heavy atom. The molecule has 0 fully saturated rings. The third kappa shape index (κ3) is 1.22. The van der Waals surface area contributed by atoms with E-state index in [4.69, 9.17) is 0 Å². The van der Waals surface area contributed by atoms with Gasteiger partial charge in [0, 0.05) is 11.8 Å². The number of nitrogens with zero attached hydrogens (tertiary/aromatic N) is 1. The minimum Gasteiger partial charge on any atom is -0.308 e. The van der Waals surface area contributed by atoms with Gasteiger partial charge in [0.15, 0.2) is 0 Å². The molecule has 1 aromatic rings. The molecule has 1 aromatic carbocycles. The minimum absolute atomic E-state index is 0.106. The molecule has 2 aliphatic heterocycles. The van der Waals surface area contributed by atoms with E-state index in [1.165, 1.54) is 0 Å². The monoisotopic (exact) mass is 197 g/mol. The average Bonchev–Trinajstić information content (AvgIpc) is 2.69. The van der Waals surface area contributed by atoms with Gasteiger partial charge >= 0.3 is 0 Å². The summed E-state index contributed by atoms with van der Waals surface area (Å²) in [5, 5.41) is 0. The third-order valence-corrected chi connectivity index (χ3v) is 2.92. The molecule has 1 amide bonds. The van der Waals surface area contributed by atoms with E-state index in [-0.39, 0.29) is 11.9 Å². The van der Waals surface area contributed by atoms with E-state index in [0.29, 0.717) is 0 Å². The van der Waals surface area contributed by atoms with Crippen LogP contribution in [0.25, 0.3) is 6.08 Å². The Hall–Kier alpha value is -1.83. The number of amides is 1. The molecule has 0 bridgehead atoms. The Bertz CT molecular complexity index is 473. The van der Waals surface area contributed by atoms with Crippen molar-refractivity contribution >= 4 is 12.0 Å². The van der Waals surface area contributed by atoms with Crippen LogP contribution in [0.15, 0.2) is 42.6 Å². The lowest BCUT2D eigenvalue weighted by Gasteiger charge is -2.19. The Kier molecular flexibility index (Phi) is 1.75. The number of carbonyl (C=O) groups excluding carboxylic acids is 1. The summed E-state index contributed by atoms with van der Waals surface area (Å²) in [5.41, 5.74) is 1.81. The van der Waals surface area contributed by atoms with E-state index in [2.05, 4.69) is 6.08 Å². The molecule has 2 heteroatoms. The SMILES string of the molecule is O=C1c2ccccc2C=CC2CC=CN12. The van der Waals surface area contributed by atoms with Crippen molar-refractivity contribution in [2.75, 3.05) is 0 Å². The van der Waals surface area contributed by atoms with Crippen LogP contribution in [0.1, 0.15) is 22.3 Å². The van der Waals surface area contributed by atoms with E-state index < -0.39 is 0 Å². The van der Waals surface area contributed by atoms with Gasteiger partial charge in [-0.05, 0) is 18.1 Å². The topological polar surface area (TPSA) is 20.3 Å². The average molecular weight is 197 g/mol. The van der Waals surface area contributed by atoms with E-state index in [9.17, 15) is 4.79 Å². The summed E-state index contributed by atoms with van der Waals surface area (Å²) in [7, 11) is 0. The first-order valence-electron chi connectivity index (χ1n) is 5.13. The Balaban J connectivity index is 2.15. The van der Waals surface area contributed by atoms with Crippen LogP contribution >= 0.6 is 0 Å². The zero-order chi connectivity index (χ0) is 10.3. The third-order valence-electron chi connectivity index (χ3n) is 2.92. The highest BCUT2D eigenvalue weighted by atomic mass is 16.2. The second-order valence-electron chi connectivity index (χ2n) is 3.85. The lowest BCUT2D eigenvalue weighted by molar-refractivity contribution is 0.0808. The molecule has 0 spiro atoms. The Labute approximate surface area is 88.5 Å². The zero-order valence-electron chi connectivity index (χ0n) is 8.26. The molecule has 1 unspecified atom stereocenters. The highest BCUT2D eigenvalue weighted by Gasteiger charge is 2.27. The van der Waals surface area contributed by atoms with Gasteiger partial charge in [-0.15, -0.1) is 0 Å². The van der Waals surface area contributed by atoms with Gasteiger partial charge in [0.05, 0.1) is 6.04 Å². The molecular weight excluding hydrogens is 186 g/mol. The van der Waals surface area contributed by atoms with Crippen molar-refractivity contribution in [3.8, 4) is 0 Å². The lowest BCUT2D eigenvalue weighted by Crippen LogP contribution is -2.30. The molecule has 0 N–H and O–H groups in total. The van der Waals surface area contributed by atoms with Gasteiger partial charge in [-0.2, -0.15) is 0 Å². The van der Waals surface area contributed by atoms with Crippen LogP contribution in [0.2, 0.25) is 0 Å². The Morgan fingerprint density at radius 1 is 1.27 bits per heavy atom. The second-order valence-corrected chi connectivity index (χ2v) is 3.85. The van der Waals surface area contributed by atoms with Gasteiger partial charge in [-0.1, -0.05) is 36.4 Å². The van der Waals surface area contributed by atoms with Gasteiger partial charge in [0.25, 0.3) is 5.91 Å². The molecule has 3 rings (SSSR count). The fourth-order valence-corrected chi connectivity index (χ4v) is 2.12. The maximum Gasteiger partial charge on any atom is 0.258 e. The molecule has 1 atom stereocenters. The molecule has 2 nitrogen and oxygen atoms in total. The normalized spacial score (nSPS) is 22.5. The largest absolute Gasteiger partial charge is 0.308 e. The van der Waals surface area contributed by atoms with Crippen molar-refractivity contribution in [2.24, 2.45) is 0 Å². The van der Waals surface area contributed by atoms with Crippen molar-refractivity contribution < 1.29 is 4.79 Å². The molecule has 15 heavy (non-hydrogen) atoms. The second kappa shape index (κ2) is 3.09. The van der Waals surface area contributed by atoms with Crippen LogP contribution in [0.3, 0.4) is 0 Å². The summed E-state index contributed by atoms with van der Waals surface area (Å²) < 4.78 is 0. The first-order valence-corrected chi connectivity index (χ1v) is 5.13. The van der Waals surface area contributed by atoms with E-state index >= 15 is 0 Å². The number of hydrogen-bond acceptors (Lipinski definition) is 1. The van der Waals surface area contributed by atoms with E-state index in [0.717, 1.165) is 17.5 Å². The summed E-state index contributed by atoms with van der Waals surface area (Å²) in [4.78, 5) is 14.0. The fraction of sp³-hybridized carbons (Fsp3) is 0.154. The van der Waals surface area contributed by atoms with Crippen molar-refractivity contribution in [3.63, 3.8) is 0 Å². The minimum atomic E-state index is 0.106. The van der Waals surface area contributed by atoms with Gasteiger partial charge in [-0.25, -0.2) is 0 Å². The summed E-state index contributed by atoms with van der Waals surface area (Å²) in [6.45, 7) is 0. The van der Waals surface area contributed by atoms with Crippen LogP contribution in [0.5, 0.6) is 0 Å². The molecule has 2 aliphatic rings. The van der Waals surface area contributed by atoms with Gasteiger partial charge < -0.3 is 4.90 Å². The predicted octanol–water partition coefficient (Wildman–Crippen LogP) is 2.44.